The fraction of sp³-hybridized carbons (Fsp3) is 0.600. The second-order valence-electron chi connectivity index (χ2n) is 3.26. The van der Waals surface area contributed by atoms with Crippen LogP contribution >= 0.6 is 0 Å². The lowest BCUT2D eigenvalue weighted by Gasteiger charge is -2.18. The Balaban J connectivity index is 4.68. The van der Waals surface area contributed by atoms with Crippen LogP contribution in [0.25, 0.3) is 0 Å². The van der Waals surface area contributed by atoms with Crippen LogP contribution in [0.4, 0.5) is 0 Å². The van der Waals surface area contributed by atoms with Gasteiger partial charge in [-0.2, -0.15) is 0 Å². The first-order valence-electron chi connectivity index (χ1n) is 4.42. The fourth-order valence-electron chi connectivity index (χ4n) is 1.14. The maximum atomic E-state index is 11.3. The number of ether oxygens (including phenoxy) is 2. The standard InChI is InChI=1S/C10H16O5/c1-6(2)5-7(9(12)14-3)8(11)10(13)15-4/h7-8,11H,1,5H2,2-4H3/t7-,8+/m1/s1. The summed E-state index contributed by atoms with van der Waals surface area (Å²) in [6.07, 6.45) is -1.33. The molecule has 0 radical (unpaired) electrons. The highest BCUT2D eigenvalue weighted by atomic mass is 16.5. The highest BCUT2D eigenvalue weighted by Gasteiger charge is 2.33. The maximum Gasteiger partial charge on any atom is 0.335 e. The lowest BCUT2D eigenvalue weighted by molar-refractivity contribution is -0.163. The zero-order valence-electron chi connectivity index (χ0n) is 9.15. The summed E-state index contributed by atoms with van der Waals surface area (Å²) in [7, 11) is 2.33. The van der Waals surface area contributed by atoms with Crippen molar-refractivity contribution in [1.29, 1.82) is 0 Å². The van der Waals surface area contributed by atoms with Crippen LogP contribution in [-0.2, 0) is 19.1 Å². The van der Waals surface area contributed by atoms with E-state index in [9.17, 15) is 14.7 Å². The van der Waals surface area contributed by atoms with Gasteiger partial charge in [-0.25, -0.2) is 4.79 Å². The van der Waals surface area contributed by atoms with Crippen molar-refractivity contribution in [3.8, 4) is 0 Å². The zero-order chi connectivity index (χ0) is 12.0. The second-order valence-corrected chi connectivity index (χ2v) is 3.26. The summed E-state index contributed by atoms with van der Waals surface area (Å²) in [5.41, 5.74) is 0.674. The Labute approximate surface area is 88.7 Å². The summed E-state index contributed by atoms with van der Waals surface area (Å²) in [5.74, 6) is -2.47. The summed E-state index contributed by atoms with van der Waals surface area (Å²) in [6.45, 7) is 5.30. The number of hydrogen-bond donors (Lipinski definition) is 1. The predicted molar refractivity (Wildman–Crippen MR) is 53.0 cm³/mol. The van der Waals surface area contributed by atoms with Crippen LogP contribution in [-0.4, -0.2) is 37.4 Å². The summed E-state index contributed by atoms with van der Waals surface area (Å²) in [4.78, 5) is 22.3. The smallest absolute Gasteiger partial charge is 0.335 e. The van der Waals surface area contributed by atoms with Gasteiger partial charge in [-0.1, -0.05) is 5.57 Å². The van der Waals surface area contributed by atoms with Crippen molar-refractivity contribution in [2.45, 2.75) is 19.4 Å². The average molecular weight is 216 g/mol. The molecule has 0 aromatic rings. The minimum atomic E-state index is -1.51. The van der Waals surface area contributed by atoms with Gasteiger partial charge in [0.1, 0.15) is 0 Å². The van der Waals surface area contributed by atoms with Gasteiger partial charge in [0.25, 0.3) is 0 Å². The molecule has 86 valence electrons. The molecule has 0 aromatic heterocycles. The third-order valence-electron chi connectivity index (χ3n) is 1.90. The number of aliphatic hydroxyl groups excluding tert-OH is 1. The molecular formula is C10H16O5. The highest BCUT2D eigenvalue weighted by molar-refractivity contribution is 5.83. The van der Waals surface area contributed by atoms with Gasteiger partial charge < -0.3 is 14.6 Å². The molecule has 0 saturated carbocycles. The summed E-state index contributed by atoms with van der Waals surface area (Å²) >= 11 is 0. The average Bonchev–Trinajstić information content (AvgIpc) is 2.22. The third-order valence-corrected chi connectivity index (χ3v) is 1.90. The molecule has 0 bridgehead atoms. The monoisotopic (exact) mass is 216 g/mol. The minimum Gasteiger partial charge on any atom is -0.469 e. The van der Waals surface area contributed by atoms with Crippen molar-refractivity contribution >= 4 is 11.9 Å². The third kappa shape index (κ3) is 4.12. The normalized spacial score (nSPS) is 13.9. The van der Waals surface area contributed by atoms with Crippen molar-refractivity contribution in [1.82, 2.24) is 0 Å². The van der Waals surface area contributed by atoms with Crippen molar-refractivity contribution in [2.24, 2.45) is 5.92 Å². The van der Waals surface area contributed by atoms with E-state index in [2.05, 4.69) is 16.1 Å². The molecule has 15 heavy (non-hydrogen) atoms. The molecule has 1 N–H and O–H groups in total. The number of esters is 2. The van der Waals surface area contributed by atoms with E-state index in [1.165, 1.54) is 7.11 Å². The van der Waals surface area contributed by atoms with E-state index in [4.69, 9.17) is 0 Å². The molecule has 0 fully saturated rings. The van der Waals surface area contributed by atoms with Gasteiger partial charge in [0.2, 0.25) is 0 Å². The molecule has 5 nitrogen and oxygen atoms in total. The molecule has 0 unspecified atom stereocenters. The van der Waals surface area contributed by atoms with Crippen LogP contribution in [0.1, 0.15) is 13.3 Å². The Morgan fingerprint density at radius 1 is 1.27 bits per heavy atom. The topological polar surface area (TPSA) is 72.8 Å². The van der Waals surface area contributed by atoms with E-state index in [0.717, 1.165) is 7.11 Å². The summed E-state index contributed by atoms with van der Waals surface area (Å²) in [6, 6.07) is 0. The van der Waals surface area contributed by atoms with Gasteiger partial charge in [0.05, 0.1) is 20.1 Å². The SMILES string of the molecule is C=C(C)C[C@@H](C(=O)OC)[C@H](O)C(=O)OC. The van der Waals surface area contributed by atoms with Gasteiger partial charge in [-0.3, -0.25) is 4.79 Å². The van der Waals surface area contributed by atoms with Crippen LogP contribution in [0.15, 0.2) is 12.2 Å². The lowest BCUT2D eigenvalue weighted by Crippen LogP contribution is -2.36. The van der Waals surface area contributed by atoms with E-state index in [-0.39, 0.29) is 6.42 Å². The van der Waals surface area contributed by atoms with Gasteiger partial charge in [0.15, 0.2) is 6.10 Å². The van der Waals surface area contributed by atoms with Crippen molar-refractivity contribution < 1.29 is 24.2 Å². The lowest BCUT2D eigenvalue weighted by atomic mass is 9.95. The van der Waals surface area contributed by atoms with E-state index < -0.39 is 24.0 Å². The number of carbonyl (C=O) groups excluding carboxylic acids is 2. The van der Waals surface area contributed by atoms with E-state index in [1.807, 2.05) is 0 Å². The largest absolute Gasteiger partial charge is 0.469 e. The first kappa shape index (κ1) is 13.6. The van der Waals surface area contributed by atoms with Crippen LogP contribution < -0.4 is 0 Å². The molecule has 0 amide bonds. The van der Waals surface area contributed by atoms with Crippen LogP contribution in [0.3, 0.4) is 0 Å². The molecule has 0 aromatic carbocycles. The Kier molecular flexibility index (Phi) is 5.62. The van der Waals surface area contributed by atoms with Crippen molar-refractivity contribution in [3.05, 3.63) is 12.2 Å². The van der Waals surface area contributed by atoms with Crippen molar-refractivity contribution in [2.75, 3.05) is 14.2 Å². The maximum absolute atomic E-state index is 11.3. The molecule has 0 saturated heterocycles. The van der Waals surface area contributed by atoms with Crippen molar-refractivity contribution in [3.63, 3.8) is 0 Å². The van der Waals surface area contributed by atoms with Gasteiger partial charge in [-0.15, -0.1) is 6.58 Å². The second kappa shape index (κ2) is 6.19. The van der Waals surface area contributed by atoms with E-state index >= 15 is 0 Å². The molecule has 2 atom stereocenters. The number of carbonyl (C=O) groups is 2. The van der Waals surface area contributed by atoms with Crippen LogP contribution in [0, 0.1) is 5.92 Å². The Bertz CT molecular complexity index is 259. The van der Waals surface area contributed by atoms with E-state index in [1.54, 1.807) is 6.92 Å². The number of hydrogen-bond acceptors (Lipinski definition) is 5. The number of aliphatic hydroxyl groups is 1. The van der Waals surface area contributed by atoms with Gasteiger partial charge in [0, 0.05) is 0 Å². The summed E-state index contributed by atoms with van der Waals surface area (Å²) in [5, 5.41) is 9.51. The molecule has 5 heteroatoms. The quantitative estimate of drug-likeness (QED) is 0.527. The first-order valence-corrected chi connectivity index (χ1v) is 4.42. The molecule has 0 spiro atoms. The molecule has 0 heterocycles. The molecule has 0 aliphatic rings. The van der Waals surface area contributed by atoms with Crippen LogP contribution in [0.2, 0.25) is 0 Å². The molecule has 0 aliphatic heterocycles. The predicted octanol–water partition coefficient (Wildman–Crippen LogP) is 0.276. The fourth-order valence-corrected chi connectivity index (χ4v) is 1.14. The Morgan fingerprint density at radius 2 is 1.73 bits per heavy atom. The zero-order valence-corrected chi connectivity index (χ0v) is 9.15. The highest BCUT2D eigenvalue weighted by Crippen LogP contribution is 2.17. The number of allylic oxidation sites excluding steroid dienone is 1. The Morgan fingerprint density at radius 3 is 2.07 bits per heavy atom. The molecule has 0 rings (SSSR count). The first-order chi connectivity index (χ1) is 6.93. The number of methoxy groups -OCH3 is 2. The molecule has 0 aliphatic carbocycles. The van der Waals surface area contributed by atoms with Crippen LogP contribution in [0.5, 0.6) is 0 Å². The minimum absolute atomic E-state index is 0.183. The molecular weight excluding hydrogens is 200 g/mol. The van der Waals surface area contributed by atoms with E-state index in [0.29, 0.717) is 5.57 Å². The van der Waals surface area contributed by atoms with Gasteiger partial charge in [-0.05, 0) is 13.3 Å². The number of rotatable bonds is 5. The summed E-state index contributed by atoms with van der Waals surface area (Å²) < 4.78 is 8.82. The Hall–Kier alpha value is -1.36. The van der Waals surface area contributed by atoms with Gasteiger partial charge >= 0.3 is 11.9 Å².